The third-order valence-corrected chi connectivity index (χ3v) is 2.97. The predicted octanol–water partition coefficient (Wildman–Crippen LogP) is 3.66. The summed E-state index contributed by atoms with van der Waals surface area (Å²) < 4.78 is 6.11. The number of rotatable bonds is 3. The highest BCUT2D eigenvalue weighted by Gasteiger charge is 2.31. The van der Waals surface area contributed by atoms with E-state index in [4.69, 9.17) is 9.84 Å². The van der Waals surface area contributed by atoms with Crippen LogP contribution in [-0.2, 0) is 9.53 Å². The first-order chi connectivity index (χ1) is 9.11. The summed E-state index contributed by atoms with van der Waals surface area (Å²) in [4.78, 5) is 24.5. The highest BCUT2D eigenvalue weighted by Crippen LogP contribution is 2.23. The molecule has 0 spiro atoms. The molecule has 1 atom stereocenters. The molecule has 0 bridgehead atoms. The zero-order chi connectivity index (χ0) is 15.5. The maximum absolute atomic E-state index is 12.2. The Hall–Kier alpha value is -1.56. The minimum atomic E-state index is -1.10. The van der Waals surface area contributed by atoms with Gasteiger partial charge in [-0.05, 0) is 52.0 Å². The maximum atomic E-state index is 12.2. The molecule has 5 nitrogen and oxygen atoms in total. The summed E-state index contributed by atoms with van der Waals surface area (Å²) in [6.45, 7) is 6.64. The molecule has 0 saturated heterocycles. The Morgan fingerprint density at radius 2 is 1.75 bits per heavy atom. The van der Waals surface area contributed by atoms with Crippen molar-refractivity contribution in [3.63, 3.8) is 0 Å². The number of carbonyl (C=O) groups is 2. The van der Waals surface area contributed by atoms with Gasteiger partial charge in [0, 0.05) is 10.2 Å². The van der Waals surface area contributed by atoms with Gasteiger partial charge in [-0.25, -0.2) is 9.59 Å². The van der Waals surface area contributed by atoms with E-state index in [1.165, 1.54) is 6.92 Å². The van der Waals surface area contributed by atoms with Gasteiger partial charge in [0.25, 0.3) is 0 Å². The molecule has 1 aromatic rings. The Labute approximate surface area is 126 Å². The van der Waals surface area contributed by atoms with Gasteiger partial charge in [-0.15, -0.1) is 0 Å². The number of carbonyl (C=O) groups excluding carboxylic acids is 1. The number of benzene rings is 1. The molecule has 0 aromatic heterocycles. The van der Waals surface area contributed by atoms with E-state index in [9.17, 15) is 9.59 Å². The van der Waals surface area contributed by atoms with Crippen molar-refractivity contribution in [3.8, 4) is 0 Å². The Balaban J connectivity index is 3.12. The van der Waals surface area contributed by atoms with E-state index in [0.717, 1.165) is 9.37 Å². The zero-order valence-corrected chi connectivity index (χ0v) is 13.5. The van der Waals surface area contributed by atoms with Crippen LogP contribution in [0.1, 0.15) is 27.7 Å². The highest BCUT2D eigenvalue weighted by molar-refractivity contribution is 9.10. The van der Waals surface area contributed by atoms with Crippen LogP contribution < -0.4 is 4.90 Å². The number of ether oxygens (including phenoxy) is 1. The van der Waals surface area contributed by atoms with Gasteiger partial charge in [0.05, 0.1) is 0 Å². The smallest absolute Gasteiger partial charge is 0.415 e. The van der Waals surface area contributed by atoms with Crippen molar-refractivity contribution in [2.45, 2.75) is 39.3 Å². The lowest BCUT2D eigenvalue weighted by Crippen LogP contribution is -2.46. The van der Waals surface area contributed by atoms with E-state index in [0.29, 0.717) is 5.69 Å². The summed E-state index contributed by atoms with van der Waals surface area (Å²) in [5, 5.41) is 9.16. The van der Waals surface area contributed by atoms with Crippen LogP contribution in [0.3, 0.4) is 0 Å². The van der Waals surface area contributed by atoms with Gasteiger partial charge in [-0.1, -0.05) is 15.9 Å². The average Bonchev–Trinajstić information content (AvgIpc) is 2.29. The molecule has 0 aliphatic rings. The van der Waals surface area contributed by atoms with Crippen LogP contribution in [0.4, 0.5) is 10.5 Å². The molecule has 1 N–H and O–H groups in total. The molecule has 1 aromatic carbocycles. The predicted molar refractivity (Wildman–Crippen MR) is 80.0 cm³/mol. The fraction of sp³-hybridized carbons (Fsp3) is 0.429. The fourth-order valence-corrected chi connectivity index (χ4v) is 1.77. The average molecular weight is 344 g/mol. The molecule has 110 valence electrons. The molecule has 0 heterocycles. The standard InChI is InChI=1S/C14H18BrNO4/c1-9(12(17)18)16(13(19)20-14(2,3)4)11-7-5-10(15)6-8-11/h5-9H,1-4H3,(H,17,18). The SMILES string of the molecule is CC(C(=O)O)N(C(=O)OC(C)(C)C)c1ccc(Br)cc1. The number of nitrogens with zero attached hydrogens (tertiary/aromatic N) is 1. The summed E-state index contributed by atoms with van der Waals surface area (Å²) in [6.07, 6.45) is -0.685. The molecule has 1 unspecified atom stereocenters. The largest absolute Gasteiger partial charge is 0.480 e. The Morgan fingerprint density at radius 1 is 1.25 bits per heavy atom. The molecule has 1 amide bonds. The van der Waals surface area contributed by atoms with E-state index in [1.807, 2.05) is 0 Å². The first-order valence-corrected chi connectivity index (χ1v) is 6.91. The van der Waals surface area contributed by atoms with Crippen LogP contribution in [0.15, 0.2) is 28.7 Å². The minimum Gasteiger partial charge on any atom is -0.480 e. The zero-order valence-electron chi connectivity index (χ0n) is 11.9. The highest BCUT2D eigenvalue weighted by atomic mass is 79.9. The van der Waals surface area contributed by atoms with Crippen molar-refractivity contribution in [2.24, 2.45) is 0 Å². The Bertz CT molecular complexity index is 493. The van der Waals surface area contributed by atoms with Crippen molar-refractivity contribution in [2.75, 3.05) is 4.90 Å². The van der Waals surface area contributed by atoms with Crippen molar-refractivity contribution >= 4 is 33.7 Å². The topological polar surface area (TPSA) is 66.8 Å². The van der Waals surface area contributed by atoms with E-state index < -0.39 is 23.7 Å². The lowest BCUT2D eigenvalue weighted by Gasteiger charge is -2.29. The summed E-state index contributed by atoms with van der Waals surface area (Å²) in [6, 6.07) is 5.77. The van der Waals surface area contributed by atoms with Gasteiger partial charge in [0.2, 0.25) is 0 Å². The molecule has 20 heavy (non-hydrogen) atoms. The van der Waals surface area contributed by atoms with Crippen LogP contribution in [0, 0.1) is 0 Å². The second-order valence-corrected chi connectivity index (χ2v) is 6.26. The second kappa shape index (κ2) is 6.26. The Kier molecular flexibility index (Phi) is 5.16. The minimum absolute atomic E-state index is 0.470. The number of carboxylic acid groups (broad SMARTS) is 1. The summed E-state index contributed by atoms with van der Waals surface area (Å²) in [5.41, 5.74) is -0.222. The molecule has 1 rings (SSSR count). The number of hydrogen-bond acceptors (Lipinski definition) is 3. The molecule has 0 fully saturated rings. The maximum Gasteiger partial charge on any atom is 0.415 e. The van der Waals surface area contributed by atoms with Gasteiger partial charge in [-0.3, -0.25) is 4.90 Å². The Morgan fingerprint density at radius 3 is 2.15 bits per heavy atom. The van der Waals surface area contributed by atoms with Crippen LogP contribution in [0.5, 0.6) is 0 Å². The third-order valence-electron chi connectivity index (χ3n) is 2.44. The number of hydrogen-bond donors (Lipinski definition) is 1. The van der Waals surface area contributed by atoms with Crippen LogP contribution >= 0.6 is 15.9 Å². The van der Waals surface area contributed by atoms with Gasteiger partial charge >= 0.3 is 12.1 Å². The van der Waals surface area contributed by atoms with E-state index in [1.54, 1.807) is 45.0 Å². The molecular formula is C14H18BrNO4. The molecular weight excluding hydrogens is 326 g/mol. The van der Waals surface area contributed by atoms with Crippen LogP contribution in [0.2, 0.25) is 0 Å². The van der Waals surface area contributed by atoms with Gasteiger partial charge in [-0.2, -0.15) is 0 Å². The number of carboxylic acids is 1. The molecule has 6 heteroatoms. The first-order valence-electron chi connectivity index (χ1n) is 6.12. The van der Waals surface area contributed by atoms with Gasteiger partial charge in [0.15, 0.2) is 0 Å². The summed E-state index contributed by atoms with van der Waals surface area (Å²) in [7, 11) is 0. The third kappa shape index (κ3) is 4.52. The van der Waals surface area contributed by atoms with Gasteiger partial charge in [0.1, 0.15) is 11.6 Å². The van der Waals surface area contributed by atoms with Crippen molar-refractivity contribution < 1.29 is 19.4 Å². The quantitative estimate of drug-likeness (QED) is 0.909. The molecule has 0 radical (unpaired) electrons. The number of halogens is 1. The lowest BCUT2D eigenvalue weighted by molar-refractivity contribution is -0.138. The summed E-state index contributed by atoms with van der Waals surface area (Å²) >= 11 is 3.30. The van der Waals surface area contributed by atoms with E-state index >= 15 is 0 Å². The molecule has 0 aliphatic heterocycles. The van der Waals surface area contributed by atoms with E-state index in [2.05, 4.69) is 15.9 Å². The first kappa shape index (κ1) is 16.5. The fourth-order valence-electron chi connectivity index (χ4n) is 1.51. The van der Waals surface area contributed by atoms with Crippen LogP contribution in [0.25, 0.3) is 0 Å². The number of aliphatic carboxylic acids is 1. The second-order valence-electron chi connectivity index (χ2n) is 5.34. The van der Waals surface area contributed by atoms with Crippen molar-refractivity contribution in [1.29, 1.82) is 0 Å². The van der Waals surface area contributed by atoms with Crippen LogP contribution in [-0.4, -0.2) is 28.8 Å². The molecule has 0 aliphatic carbocycles. The van der Waals surface area contributed by atoms with Crippen molar-refractivity contribution in [3.05, 3.63) is 28.7 Å². The van der Waals surface area contributed by atoms with Crippen molar-refractivity contribution in [1.82, 2.24) is 0 Å². The monoisotopic (exact) mass is 343 g/mol. The van der Waals surface area contributed by atoms with Gasteiger partial charge < -0.3 is 9.84 Å². The normalized spacial score (nSPS) is 12.7. The van der Waals surface area contributed by atoms with E-state index in [-0.39, 0.29) is 0 Å². The number of anilines is 1. The lowest BCUT2D eigenvalue weighted by atomic mass is 10.2. The molecule has 0 saturated carbocycles. The summed E-state index contributed by atoms with van der Waals surface area (Å²) in [5.74, 6) is -1.10. The number of amides is 1.